The molecule has 8 nitrogen and oxygen atoms in total. The van der Waals surface area contributed by atoms with Crippen LogP contribution in [0.25, 0.3) is 34.2 Å². The number of benzene rings is 3. The molecule has 1 fully saturated rings. The first-order chi connectivity index (χ1) is 19.8. The number of carboxylic acid groups (broad SMARTS) is 1. The highest BCUT2D eigenvalue weighted by atomic mass is 19.1. The molecule has 2 aromatic heterocycles. The Bertz CT molecular complexity index is 1720. The van der Waals surface area contributed by atoms with Crippen molar-refractivity contribution in [3.63, 3.8) is 0 Å². The van der Waals surface area contributed by atoms with E-state index >= 15 is 4.39 Å². The van der Waals surface area contributed by atoms with E-state index < -0.39 is 23.7 Å². The predicted molar refractivity (Wildman–Crippen MR) is 149 cm³/mol. The number of nitrogens with one attached hydrogen (secondary N) is 1. The number of carbonyl (C=O) groups is 2. The average Bonchev–Trinajstić information content (AvgIpc) is 3.49. The Morgan fingerprint density at radius 3 is 2.41 bits per heavy atom. The van der Waals surface area contributed by atoms with Gasteiger partial charge in [0.25, 0.3) is 11.8 Å². The summed E-state index contributed by atoms with van der Waals surface area (Å²) in [5.74, 6) is -1.11. The van der Waals surface area contributed by atoms with Crippen molar-refractivity contribution in [2.24, 2.45) is 0 Å². The van der Waals surface area contributed by atoms with Crippen molar-refractivity contribution >= 4 is 11.9 Å². The minimum atomic E-state index is -1.31. The van der Waals surface area contributed by atoms with Crippen molar-refractivity contribution in [1.82, 2.24) is 15.5 Å². The molecule has 1 atom stereocenters. The molecule has 6 rings (SSSR count). The smallest absolute Gasteiger partial charge is 0.326 e. The first-order valence-corrected chi connectivity index (χ1v) is 13.3. The van der Waals surface area contributed by atoms with Gasteiger partial charge in [-0.2, -0.15) is 4.98 Å². The number of rotatable bonds is 9. The van der Waals surface area contributed by atoms with Crippen LogP contribution in [0.3, 0.4) is 0 Å². The maximum atomic E-state index is 15.0. The molecule has 3 aromatic carbocycles. The number of hydrogen-bond donors (Lipinski definition) is 2. The molecule has 0 aliphatic heterocycles. The fourth-order valence-electron chi connectivity index (χ4n) is 4.63. The molecule has 1 saturated carbocycles. The highest BCUT2D eigenvalue weighted by Gasteiger charge is 2.25. The predicted octanol–water partition coefficient (Wildman–Crippen LogP) is 6.41. The third-order valence-corrected chi connectivity index (χ3v) is 7.12. The third-order valence-electron chi connectivity index (χ3n) is 7.12. The number of amides is 1. The van der Waals surface area contributed by atoms with Gasteiger partial charge in [-0.05, 0) is 73.2 Å². The molecule has 0 bridgehead atoms. The van der Waals surface area contributed by atoms with E-state index in [4.69, 9.17) is 8.94 Å². The second-order valence-corrected chi connectivity index (χ2v) is 10.2. The molecule has 206 valence electrons. The Morgan fingerprint density at radius 2 is 1.73 bits per heavy atom. The summed E-state index contributed by atoms with van der Waals surface area (Å²) in [4.78, 5) is 29.1. The quantitative estimate of drug-likeness (QED) is 0.217. The lowest BCUT2D eigenvalue weighted by molar-refractivity contribution is -0.139. The molecular weight excluding hydrogens is 525 g/mol. The summed E-state index contributed by atoms with van der Waals surface area (Å²) in [6.45, 7) is 1.96. The fourth-order valence-corrected chi connectivity index (χ4v) is 4.63. The highest BCUT2D eigenvalue weighted by molar-refractivity contribution is 5.94. The van der Waals surface area contributed by atoms with E-state index in [0.717, 1.165) is 11.1 Å². The summed E-state index contributed by atoms with van der Waals surface area (Å²) in [5, 5.41) is 16.1. The normalized spacial score (nSPS) is 13.6. The Balaban J connectivity index is 1.13. The minimum Gasteiger partial charge on any atom is -0.480 e. The molecule has 0 spiro atoms. The molecule has 1 unspecified atom stereocenters. The van der Waals surface area contributed by atoms with Gasteiger partial charge in [0.15, 0.2) is 5.76 Å². The average molecular weight is 552 g/mol. The van der Waals surface area contributed by atoms with E-state index in [1.165, 1.54) is 36.6 Å². The molecule has 41 heavy (non-hydrogen) atoms. The molecule has 1 aliphatic carbocycles. The van der Waals surface area contributed by atoms with Crippen LogP contribution < -0.4 is 5.32 Å². The summed E-state index contributed by atoms with van der Waals surface area (Å²) in [6, 6.07) is 21.6. The van der Waals surface area contributed by atoms with Crippen LogP contribution >= 0.6 is 0 Å². The molecule has 2 N–H and O–H groups in total. The van der Waals surface area contributed by atoms with Crippen LogP contribution in [-0.2, 0) is 11.2 Å². The minimum absolute atomic E-state index is 0.0134. The second kappa shape index (κ2) is 10.8. The van der Waals surface area contributed by atoms with Crippen molar-refractivity contribution in [3.8, 4) is 34.2 Å². The van der Waals surface area contributed by atoms with E-state index in [2.05, 4.69) is 27.6 Å². The van der Waals surface area contributed by atoms with Crippen LogP contribution in [0.15, 0.2) is 87.8 Å². The van der Waals surface area contributed by atoms with Gasteiger partial charge in [-0.3, -0.25) is 4.79 Å². The number of hydrogen-bond acceptors (Lipinski definition) is 6. The number of furan rings is 1. The van der Waals surface area contributed by atoms with Gasteiger partial charge in [-0.15, -0.1) is 0 Å². The summed E-state index contributed by atoms with van der Waals surface area (Å²) in [7, 11) is 0. The van der Waals surface area contributed by atoms with Gasteiger partial charge < -0.3 is 19.4 Å². The molecule has 1 aliphatic rings. The SMILES string of the molecule is Cc1ccc(-c2nc(-c3ccc(CC(NC(=O)c4ccc(-c5ccc(C6CC6)cc5)o4)C(=O)O)cc3F)no2)cc1. The monoisotopic (exact) mass is 551 g/mol. The topological polar surface area (TPSA) is 118 Å². The summed E-state index contributed by atoms with van der Waals surface area (Å²) >= 11 is 0. The van der Waals surface area contributed by atoms with Crippen molar-refractivity contribution in [2.75, 3.05) is 0 Å². The number of nitrogens with zero attached hydrogens (tertiary/aromatic N) is 2. The summed E-state index contributed by atoms with van der Waals surface area (Å²) in [5.41, 5.74) is 4.38. The first kappa shape index (κ1) is 26.2. The lowest BCUT2D eigenvalue weighted by Crippen LogP contribution is -2.42. The van der Waals surface area contributed by atoms with Gasteiger partial charge in [0.05, 0.1) is 5.56 Å². The summed E-state index contributed by atoms with van der Waals surface area (Å²) in [6.07, 6.45) is 2.27. The Kier molecular flexibility index (Phi) is 6.93. The standard InChI is InChI=1S/C32H26FN3O5/c1-18-2-5-23(6-3-18)31-35-29(36-41-31)24-13-4-19(16-25(24)33)17-26(32(38)39)34-30(37)28-15-14-27(40-28)22-11-9-21(10-12-22)20-7-8-20/h2-6,9-16,20,26H,7-8,17H2,1H3,(H,34,37)(H,38,39). The van der Waals surface area contributed by atoms with Gasteiger partial charge in [0.2, 0.25) is 5.82 Å². The number of halogens is 1. The molecule has 0 radical (unpaired) electrons. The third kappa shape index (κ3) is 5.79. The van der Waals surface area contributed by atoms with Gasteiger partial charge in [0, 0.05) is 17.5 Å². The van der Waals surface area contributed by atoms with E-state index in [1.807, 2.05) is 43.3 Å². The lowest BCUT2D eigenvalue weighted by atomic mass is 10.0. The van der Waals surface area contributed by atoms with Crippen molar-refractivity contribution in [1.29, 1.82) is 0 Å². The molecule has 0 saturated heterocycles. The number of carbonyl (C=O) groups excluding carboxylic acids is 1. The zero-order valence-corrected chi connectivity index (χ0v) is 22.1. The Hall–Kier alpha value is -5.05. The zero-order valence-electron chi connectivity index (χ0n) is 22.1. The number of aromatic nitrogens is 2. The maximum Gasteiger partial charge on any atom is 0.326 e. The Morgan fingerprint density at radius 1 is 1.00 bits per heavy atom. The van der Waals surface area contributed by atoms with Crippen LogP contribution in [0.2, 0.25) is 0 Å². The summed E-state index contributed by atoms with van der Waals surface area (Å²) < 4.78 is 26.1. The largest absolute Gasteiger partial charge is 0.480 e. The highest BCUT2D eigenvalue weighted by Crippen LogP contribution is 2.40. The number of aliphatic carboxylic acids is 1. The fraction of sp³-hybridized carbons (Fsp3) is 0.188. The van der Waals surface area contributed by atoms with Gasteiger partial charge in [0.1, 0.15) is 17.6 Å². The molecule has 5 aromatic rings. The van der Waals surface area contributed by atoms with Crippen LogP contribution in [0, 0.1) is 12.7 Å². The van der Waals surface area contributed by atoms with E-state index in [0.29, 0.717) is 22.8 Å². The van der Waals surface area contributed by atoms with E-state index in [9.17, 15) is 14.7 Å². The molecule has 2 heterocycles. The van der Waals surface area contributed by atoms with Crippen LogP contribution in [-0.4, -0.2) is 33.2 Å². The molecule has 1 amide bonds. The van der Waals surface area contributed by atoms with Gasteiger partial charge in [-0.25, -0.2) is 9.18 Å². The van der Waals surface area contributed by atoms with E-state index in [1.54, 1.807) is 12.1 Å². The van der Waals surface area contributed by atoms with E-state index in [-0.39, 0.29) is 29.5 Å². The second-order valence-electron chi connectivity index (χ2n) is 10.2. The molecular formula is C32H26FN3O5. The van der Waals surface area contributed by atoms with Crippen LogP contribution in [0.5, 0.6) is 0 Å². The lowest BCUT2D eigenvalue weighted by Gasteiger charge is -2.14. The van der Waals surface area contributed by atoms with Crippen LogP contribution in [0.1, 0.15) is 46.0 Å². The number of aryl methyl sites for hydroxylation is 1. The van der Waals surface area contributed by atoms with Crippen molar-refractivity contribution < 1.29 is 28.0 Å². The maximum absolute atomic E-state index is 15.0. The molecule has 9 heteroatoms. The van der Waals surface area contributed by atoms with Crippen LogP contribution in [0.4, 0.5) is 4.39 Å². The van der Waals surface area contributed by atoms with Crippen molar-refractivity contribution in [2.45, 2.75) is 38.1 Å². The zero-order chi connectivity index (χ0) is 28.5. The Labute approximate surface area is 234 Å². The number of carboxylic acids is 1. The van der Waals surface area contributed by atoms with Crippen molar-refractivity contribution in [3.05, 3.63) is 107 Å². The van der Waals surface area contributed by atoms with Gasteiger partial charge in [-0.1, -0.05) is 53.2 Å². The first-order valence-electron chi connectivity index (χ1n) is 13.3. The van der Waals surface area contributed by atoms with Gasteiger partial charge >= 0.3 is 5.97 Å².